The maximum atomic E-state index is 12.1. The van der Waals surface area contributed by atoms with Crippen LogP contribution in [0.2, 0.25) is 0 Å². The molecule has 1 aromatic heterocycles. The summed E-state index contributed by atoms with van der Waals surface area (Å²) in [5.74, 6) is -0.864. The van der Waals surface area contributed by atoms with E-state index in [2.05, 4.69) is 15.9 Å². The second-order valence-electron chi connectivity index (χ2n) is 4.47. The molecule has 0 bridgehead atoms. The molecule has 0 aliphatic carbocycles. The largest absolute Gasteiger partial charge is 0.300 e. The van der Waals surface area contributed by atoms with E-state index in [1.54, 1.807) is 22.3 Å². The number of rotatable bonds is 2. The van der Waals surface area contributed by atoms with E-state index in [9.17, 15) is 9.59 Å². The van der Waals surface area contributed by atoms with Crippen LogP contribution in [0, 0.1) is 6.92 Å². The molecule has 2 aromatic rings. The van der Waals surface area contributed by atoms with Gasteiger partial charge in [0.25, 0.3) is 11.7 Å². The standard InChI is InChI=1S/C14H10BrNO2S/c1-8-4-10(15)5-11-12(8)16(14(18)13(11)17)6-9-2-3-19-7-9/h2-5,7H,6H2,1H3. The third-order valence-electron chi connectivity index (χ3n) is 3.14. The van der Waals surface area contributed by atoms with Gasteiger partial charge in [0, 0.05) is 4.47 Å². The Labute approximate surface area is 123 Å². The summed E-state index contributed by atoms with van der Waals surface area (Å²) in [4.78, 5) is 25.7. The monoisotopic (exact) mass is 335 g/mol. The summed E-state index contributed by atoms with van der Waals surface area (Å²) in [6, 6.07) is 5.61. The highest BCUT2D eigenvalue weighted by Crippen LogP contribution is 2.36. The van der Waals surface area contributed by atoms with E-state index < -0.39 is 11.7 Å². The van der Waals surface area contributed by atoms with Gasteiger partial charge in [0.1, 0.15) is 0 Å². The first-order valence-corrected chi connectivity index (χ1v) is 7.49. The zero-order valence-corrected chi connectivity index (χ0v) is 12.5. The molecule has 0 saturated heterocycles. The zero-order valence-electron chi connectivity index (χ0n) is 10.1. The average Bonchev–Trinajstić information content (AvgIpc) is 2.93. The van der Waals surface area contributed by atoms with Crippen LogP contribution in [-0.4, -0.2) is 11.7 Å². The van der Waals surface area contributed by atoms with Crippen molar-refractivity contribution in [1.29, 1.82) is 0 Å². The number of anilines is 1. The SMILES string of the molecule is Cc1cc(Br)cc2c1N(Cc1ccsc1)C(=O)C2=O. The fourth-order valence-corrected chi connectivity index (χ4v) is 3.55. The van der Waals surface area contributed by atoms with Gasteiger partial charge in [-0.05, 0) is 47.0 Å². The summed E-state index contributed by atoms with van der Waals surface area (Å²) in [6.07, 6.45) is 0. The minimum atomic E-state index is -0.442. The summed E-state index contributed by atoms with van der Waals surface area (Å²) in [7, 11) is 0. The smallest absolute Gasteiger partial charge is 0.299 e. The Hall–Kier alpha value is -1.46. The zero-order chi connectivity index (χ0) is 13.6. The first-order chi connectivity index (χ1) is 9.08. The molecule has 0 atom stereocenters. The van der Waals surface area contributed by atoms with Crippen molar-refractivity contribution in [2.24, 2.45) is 0 Å². The number of carbonyl (C=O) groups excluding carboxylic acids is 2. The van der Waals surface area contributed by atoms with Gasteiger partial charge in [0.15, 0.2) is 0 Å². The number of amides is 1. The fourth-order valence-electron chi connectivity index (χ4n) is 2.32. The van der Waals surface area contributed by atoms with Crippen molar-refractivity contribution in [2.75, 3.05) is 4.90 Å². The number of halogens is 1. The molecule has 0 fully saturated rings. The van der Waals surface area contributed by atoms with E-state index in [0.717, 1.165) is 21.3 Å². The summed E-state index contributed by atoms with van der Waals surface area (Å²) < 4.78 is 0.822. The Balaban J connectivity index is 2.09. The van der Waals surface area contributed by atoms with E-state index >= 15 is 0 Å². The number of Topliss-reactive ketones (excluding diaryl/α,β-unsaturated/α-hetero) is 1. The normalized spacial score (nSPS) is 14.1. The van der Waals surface area contributed by atoms with Crippen molar-refractivity contribution in [2.45, 2.75) is 13.5 Å². The molecule has 96 valence electrons. The Morgan fingerprint density at radius 3 is 2.79 bits per heavy atom. The predicted molar refractivity (Wildman–Crippen MR) is 78.7 cm³/mol. The highest BCUT2D eigenvalue weighted by molar-refractivity contribution is 9.10. The number of ketones is 1. The summed E-state index contributed by atoms with van der Waals surface area (Å²) in [5.41, 5.74) is 3.21. The molecule has 3 rings (SSSR count). The minimum absolute atomic E-state index is 0.422. The number of aryl methyl sites for hydroxylation is 1. The van der Waals surface area contributed by atoms with Crippen LogP contribution in [-0.2, 0) is 11.3 Å². The molecule has 1 amide bonds. The second kappa shape index (κ2) is 4.58. The van der Waals surface area contributed by atoms with Crippen LogP contribution < -0.4 is 4.90 Å². The number of hydrogen-bond donors (Lipinski definition) is 0. The van der Waals surface area contributed by atoms with Crippen LogP contribution in [0.25, 0.3) is 0 Å². The van der Waals surface area contributed by atoms with Crippen LogP contribution in [0.3, 0.4) is 0 Å². The lowest BCUT2D eigenvalue weighted by atomic mass is 10.1. The number of carbonyl (C=O) groups is 2. The number of benzene rings is 1. The first-order valence-electron chi connectivity index (χ1n) is 5.75. The molecule has 19 heavy (non-hydrogen) atoms. The summed E-state index contributed by atoms with van der Waals surface area (Å²) >= 11 is 4.95. The maximum Gasteiger partial charge on any atom is 0.299 e. The highest BCUT2D eigenvalue weighted by Gasteiger charge is 2.37. The molecule has 3 nitrogen and oxygen atoms in total. The minimum Gasteiger partial charge on any atom is -0.300 e. The molecular weight excluding hydrogens is 326 g/mol. The van der Waals surface area contributed by atoms with Crippen molar-refractivity contribution in [3.8, 4) is 0 Å². The van der Waals surface area contributed by atoms with Gasteiger partial charge in [-0.15, -0.1) is 0 Å². The predicted octanol–water partition coefficient (Wildman–Crippen LogP) is 3.55. The second-order valence-corrected chi connectivity index (χ2v) is 6.17. The number of thiophene rings is 1. The van der Waals surface area contributed by atoms with Crippen molar-refractivity contribution in [3.05, 3.63) is 50.1 Å². The molecule has 0 saturated carbocycles. The average molecular weight is 336 g/mol. The van der Waals surface area contributed by atoms with Gasteiger partial charge in [-0.1, -0.05) is 15.9 Å². The van der Waals surface area contributed by atoms with E-state index in [4.69, 9.17) is 0 Å². The molecule has 2 heterocycles. The van der Waals surface area contributed by atoms with Crippen LogP contribution in [0.1, 0.15) is 21.5 Å². The quantitative estimate of drug-likeness (QED) is 0.787. The van der Waals surface area contributed by atoms with Crippen LogP contribution >= 0.6 is 27.3 Å². The van der Waals surface area contributed by atoms with Crippen molar-refractivity contribution < 1.29 is 9.59 Å². The molecule has 0 spiro atoms. The topological polar surface area (TPSA) is 37.4 Å². The van der Waals surface area contributed by atoms with Gasteiger partial charge >= 0.3 is 0 Å². The van der Waals surface area contributed by atoms with Gasteiger partial charge in [-0.25, -0.2) is 0 Å². The number of nitrogens with zero attached hydrogens (tertiary/aromatic N) is 1. The molecule has 1 aromatic carbocycles. The highest BCUT2D eigenvalue weighted by atomic mass is 79.9. The van der Waals surface area contributed by atoms with E-state index in [0.29, 0.717) is 12.1 Å². The molecule has 0 radical (unpaired) electrons. The van der Waals surface area contributed by atoms with Crippen molar-refractivity contribution >= 4 is 44.6 Å². The number of hydrogen-bond acceptors (Lipinski definition) is 3. The summed E-state index contributed by atoms with van der Waals surface area (Å²) in [5, 5.41) is 3.96. The van der Waals surface area contributed by atoms with Crippen LogP contribution in [0.4, 0.5) is 5.69 Å². The lowest BCUT2D eigenvalue weighted by Crippen LogP contribution is -2.29. The van der Waals surface area contributed by atoms with Crippen LogP contribution in [0.5, 0.6) is 0 Å². The van der Waals surface area contributed by atoms with E-state index in [1.165, 1.54) is 0 Å². The molecular formula is C14H10BrNO2S. The molecule has 0 unspecified atom stereocenters. The molecule has 1 aliphatic rings. The third kappa shape index (κ3) is 2.03. The third-order valence-corrected chi connectivity index (χ3v) is 4.33. The lowest BCUT2D eigenvalue weighted by Gasteiger charge is -2.17. The maximum absolute atomic E-state index is 12.1. The molecule has 0 N–H and O–H groups in total. The van der Waals surface area contributed by atoms with Gasteiger partial charge < -0.3 is 4.90 Å². The summed E-state index contributed by atoms with van der Waals surface area (Å²) in [6.45, 7) is 2.36. The van der Waals surface area contributed by atoms with E-state index in [-0.39, 0.29) is 0 Å². The lowest BCUT2D eigenvalue weighted by molar-refractivity contribution is -0.114. The van der Waals surface area contributed by atoms with Gasteiger partial charge in [-0.2, -0.15) is 11.3 Å². The van der Waals surface area contributed by atoms with Gasteiger partial charge in [0.2, 0.25) is 0 Å². The van der Waals surface area contributed by atoms with Crippen LogP contribution in [0.15, 0.2) is 33.4 Å². The van der Waals surface area contributed by atoms with Crippen molar-refractivity contribution in [3.63, 3.8) is 0 Å². The van der Waals surface area contributed by atoms with Gasteiger partial charge in [-0.3, -0.25) is 9.59 Å². The Kier molecular flexibility index (Phi) is 3.03. The Bertz CT molecular complexity index is 679. The van der Waals surface area contributed by atoms with Crippen molar-refractivity contribution in [1.82, 2.24) is 0 Å². The Morgan fingerprint density at radius 1 is 1.32 bits per heavy atom. The fraction of sp³-hybridized carbons (Fsp3) is 0.143. The molecule has 5 heteroatoms. The van der Waals surface area contributed by atoms with Gasteiger partial charge in [0.05, 0.1) is 17.8 Å². The van der Waals surface area contributed by atoms with E-state index in [1.807, 2.05) is 29.8 Å². The Morgan fingerprint density at radius 2 is 2.11 bits per heavy atom. The first kappa shape index (κ1) is 12.6. The molecule has 1 aliphatic heterocycles. The number of fused-ring (bicyclic) bond motifs is 1.